The van der Waals surface area contributed by atoms with Crippen molar-refractivity contribution in [2.24, 2.45) is 0 Å². The number of rotatable bonds is 5. The Hall–Kier alpha value is -0.560. The van der Waals surface area contributed by atoms with Gasteiger partial charge in [0.1, 0.15) is 6.61 Å². The van der Waals surface area contributed by atoms with Gasteiger partial charge in [-0.1, -0.05) is 5.92 Å². The molecule has 10 heavy (non-hydrogen) atoms. The van der Waals surface area contributed by atoms with Crippen molar-refractivity contribution in [2.45, 2.75) is 13.2 Å². The third-order valence-electron chi connectivity index (χ3n) is 0.772. The molecule has 0 aliphatic carbocycles. The number of ether oxygens (including phenoxy) is 2. The Bertz CT molecular complexity index is 104. The molecule has 0 aromatic rings. The molecule has 3 heteroatoms. The summed E-state index contributed by atoms with van der Waals surface area (Å²) in [6, 6.07) is 0. The van der Waals surface area contributed by atoms with Crippen molar-refractivity contribution in [1.82, 2.24) is 0 Å². The fourth-order valence-electron chi connectivity index (χ4n) is 0.409. The van der Waals surface area contributed by atoms with Gasteiger partial charge in [0.25, 0.3) is 0 Å². The highest BCUT2D eigenvalue weighted by Crippen LogP contribution is 1.83. The monoisotopic (exact) mass is 144 g/mol. The number of terminal acetylenes is 1. The molecular weight excluding hydrogens is 132 g/mol. The van der Waals surface area contributed by atoms with E-state index in [2.05, 4.69) is 5.92 Å². The van der Waals surface area contributed by atoms with Gasteiger partial charge >= 0.3 is 0 Å². The first-order chi connectivity index (χ1) is 4.77. The van der Waals surface area contributed by atoms with E-state index in [0.29, 0.717) is 19.8 Å². The van der Waals surface area contributed by atoms with Crippen LogP contribution < -0.4 is 0 Å². The number of hydrogen-bond donors (Lipinski definition) is 1. The van der Waals surface area contributed by atoms with Crippen molar-refractivity contribution in [1.29, 1.82) is 0 Å². The largest absolute Gasteiger partial charge is 0.368 e. The van der Waals surface area contributed by atoms with Gasteiger partial charge in [-0.2, -0.15) is 0 Å². The maximum absolute atomic E-state index is 8.59. The fourth-order valence-corrected chi connectivity index (χ4v) is 0.409. The number of aliphatic hydroxyl groups is 1. The molecule has 3 nitrogen and oxygen atoms in total. The molecule has 0 aliphatic heterocycles. The standard InChI is InChI=1S/C7H12O3/c1-3-4-9-5-6-10-7(2)8/h1,7-8H,4-6H2,2H3. The highest BCUT2D eigenvalue weighted by Gasteiger charge is 1.92. The van der Waals surface area contributed by atoms with Gasteiger partial charge in [-0.25, -0.2) is 0 Å². The molecule has 0 rings (SSSR count). The van der Waals surface area contributed by atoms with Crippen molar-refractivity contribution in [2.75, 3.05) is 19.8 Å². The predicted molar refractivity (Wildman–Crippen MR) is 37.3 cm³/mol. The molecule has 1 atom stereocenters. The zero-order chi connectivity index (χ0) is 7.82. The predicted octanol–water partition coefficient (Wildman–Crippen LogP) is -0.00890. The summed E-state index contributed by atoms with van der Waals surface area (Å²) in [6.07, 6.45) is 4.18. The van der Waals surface area contributed by atoms with Gasteiger partial charge in [-0.05, 0) is 6.92 Å². The first-order valence-corrected chi connectivity index (χ1v) is 3.08. The molecule has 0 radical (unpaired) electrons. The maximum atomic E-state index is 8.59. The van der Waals surface area contributed by atoms with Crippen LogP contribution in [-0.4, -0.2) is 31.2 Å². The minimum atomic E-state index is -0.727. The number of hydrogen-bond acceptors (Lipinski definition) is 3. The molecule has 0 saturated heterocycles. The van der Waals surface area contributed by atoms with Gasteiger partial charge in [0.15, 0.2) is 6.29 Å². The van der Waals surface area contributed by atoms with E-state index in [0.717, 1.165) is 0 Å². The second kappa shape index (κ2) is 6.56. The molecule has 0 aromatic heterocycles. The zero-order valence-electron chi connectivity index (χ0n) is 6.04. The summed E-state index contributed by atoms with van der Waals surface area (Å²) < 4.78 is 9.61. The average molecular weight is 144 g/mol. The van der Waals surface area contributed by atoms with Gasteiger partial charge in [0, 0.05) is 0 Å². The maximum Gasteiger partial charge on any atom is 0.151 e. The molecule has 0 aliphatic rings. The molecule has 0 aromatic carbocycles. The van der Waals surface area contributed by atoms with E-state index in [1.54, 1.807) is 6.92 Å². The Morgan fingerprint density at radius 3 is 2.80 bits per heavy atom. The van der Waals surface area contributed by atoms with Crippen molar-refractivity contribution in [3.8, 4) is 12.3 Å². The summed E-state index contributed by atoms with van der Waals surface area (Å²) in [5.41, 5.74) is 0. The Kier molecular flexibility index (Phi) is 6.19. The van der Waals surface area contributed by atoms with Gasteiger partial charge in [-0.15, -0.1) is 6.42 Å². The third kappa shape index (κ3) is 7.44. The lowest BCUT2D eigenvalue weighted by molar-refractivity contribution is -0.0977. The Morgan fingerprint density at radius 1 is 1.60 bits per heavy atom. The van der Waals surface area contributed by atoms with Gasteiger partial charge in [0.05, 0.1) is 13.2 Å². The van der Waals surface area contributed by atoms with Crippen LogP contribution in [-0.2, 0) is 9.47 Å². The minimum absolute atomic E-state index is 0.295. The molecule has 58 valence electrons. The zero-order valence-corrected chi connectivity index (χ0v) is 6.04. The molecule has 0 saturated carbocycles. The lowest BCUT2D eigenvalue weighted by atomic mass is 10.7. The van der Waals surface area contributed by atoms with Crippen LogP contribution in [0.5, 0.6) is 0 Å². The molecule has 0 amide bonds. The highest BCUT2D eigenvalue weighted by molar-refractivity contribution is 4.82. The minimum Gasteiger partial charge on any atom is -0.368 e. The van der Waals surface area contributed by atoms with Gasteiger partial charge in [0.2, 0.25) is 0 Å². The van der Waals surface area contributed by atoms with Gasteiger partial charge in [-0.3, -0.25) is 0 Å². The van der Waals surface area contributed by atoms with E-state index in [1.807, 2.05) is 0 Å². The van der Waals surface area contributed by atoms with E-state index in [1.165, 1.54) is 0 Å². The fraction of sp³-hybridized carbons (Fsp3) is 0.714. The summed E-state index contributed by atoms with van der Waals surface area (Å²) in [4.78, 5) is 0. The Balaban J connectivity index is 2.86. The van der Waals surface area contributed by atoms with Crippen molar-refractivity contribution >= 4 is 0 Å². The van der Waals surface area contributed by atoms with Crippen LogP contribution in [0.2, 0.25) is 0 Å². The normalized spacial score (nSPS) is 12.5. The molecule has 0 spiro atoms. The summed E-state index contributed by atoms with van der Waals surface area (Å²) in [6.45, 7) is 2.64. The smallest absolute Gasteiger partial charge is 0.151 e. The van der Waals surface area contributed by atoms with E-state index in [-0.39, 0.29) is 0 Å². The second-order valence-electron chi connectivity index (χ2n) is 1.73. The molecule has 1 unspecified atom stereocenters. The summed E-state index contributed by atoms with van der Waals surface area (Å²) in [7, 11) is 0. The molecular formula is C7H12O3. The van der Waals surface area contributed by atoms with E-state index >= 15 is 0 Å². The van der Waals surface area contributed by atoms with Crippen LogP contribution in [0.4, 0.5) is 0 Å². The van der Waals surface area contributed by atoms with Crippen LogP contribution in [0.3, 0.4) is 0 Å². The highest BCUT2D eigenvalue weighted by atomic mass is 16.6. The van der Waals surface area contributed by atoms with Crippen LogP contribution in [0.15, 0.2) is 0 Å². The van der Waals surface area contributed by atoms with Crippen molar-refractivity contribution in [3.63, 3.8) is 0 Å². The van der Waals surface area contributed by atoms with Gasteiger partial charge < -0.3 is 14.6 Å². The first kappa shape index (κ1) is 9.44. The van der Waals surface area contributed by atoms with Crippen LogP contribution in [0.25, 0.3) is 0 Å². The SMILES string of the molecule is C#CCOCCOC(C)O. The Labute approximate surface area is 60.9 Å². The summed E-state index contributed by atoms with van der Waals surface area (Å²) in [5.74, 6) is 2.32. The molecule has 1 N–H and O–H groups in total. The Morgan fingerprint density at radius 2 is 2.30 bits per heavy atom. The van der Waals surface area contributed by atoms with Crippen LogP contribution in [0.1, 0.15) is 6.92 Å². The molecule has 0 heterocycles. The summed E-state index contributed by atoms with van der Waals surface area (Å²) >= 11 is 0. The van der Waals surface area contributed by atoms with Crippen LogP contribution in [0, 0.1) is 12.3 Å². The topological polar surface area (TPSA) is 38.7 Å². The molecule has 0 fully saturated rings. The third-order valence-corrected chi connectivity index (χ3v) is 0.772. The average Bonchev–Trinajstić information content (AvgIpc) is 1.87. The lowest BCUT2D eigenvalue weighted by Gasteiger charge is -2.04. The van der Waals surface area contributed by atoms with Crippen molar-refractivity contribution in [3.05, 3.63) is 0 Å². The molecule has 0 bridgehead atoms. The lowest BCUT2D eigenvalue weighted by Crippen LogP contribution is -2.11. The second-order valence-corrected chi connectivity index (χ2v) is 1.73. The van der Waals surface area contributed by atoms with Crippen molar-refractivity contribution < 1.29 is 14.6 Å². The van der Waals surface area contributed by atoms with E-state index in [4.69, 9.17) is 21.0 Å². The number of aliphatic hydroxyl groups excluding tert-OH is 1. The van der Waals surface area contributed by atoms with E-state index < -0.39 is 6.29 Å². The quantitative estimate of drug-likeness (QED) is 0.335. The summed E-state index contributed by atoms with van der Waals surface area (Å²) in [5, 5.41) is 8.59. The first-order valence-electron chi connectivity index (χ1n) is 3.08. The van der Waals surface area contributed by atoms with E-state index in [9.17, 15) is 0 Å². The van der Waals surface area contributed by atoms with Crippen LogP contribution >= 0.6 is 0 Å².